The molecule has 0 fully saturated rings. The van der Waals surface area contributed by atoms with Crippen LogP contribution in [0.1, 0.15) is 26.0 Å². The Balaban J connectivity index is 2.66. The Morgan fingerprint density at radius 3 is 2.62 bits per heavy atom. The van der Waals surface area contributed by atoms with Crippen LogP contribution in [0.25, 0.3) is 0 Å². The minimum absolute atomic E-state index is 0.299. The molecule has 1 rings (SSSR count). The number of hydrogen-bond donors (Lipinski definition) is 2. The first-order valence-electron chi connectivity index (χ1n) is 5.62. The van der Waals surface area contributed by atoms with Gasteiger partial charge in [-0.1, -0.05) is 13.8 Å². The zero-order valence-corrected chi connectivity index (χ0v) is 11.7. The molecule has 1 atom stereocenters. The van der Waals surface area contributed by atoms with Gasteiger partial charge >= 0.3 is 0 Å². The molecule has 0 amide bonds. The molecule has 0 saturated carbocycles. The summed E-state index contributed by atoms with van der Waals surface area (Å²) in [6, 6.07) is 4.28. The normalized spacial score (nSPS) is 12.9. The lowest BCUT2D eigenvalue weighted by molar-refractivity contribution is 0.521. The van der Waals surface area contributed by atoms with Crippen molar-refractivity contribution in [2.45, 2.75) is 33.2 Å². The monoisotopic (exact) mass is 285 g/mol. The maximum atomic E-state index is 5.74. The van der Waals surface area contributed by atoms with Gasteiger partial charge in [0.1, 0.15) is 5.82 Å². The Hall–Kier alpha value is -0.610. The van der Waals surface area contributed by atoms with Gasteiger partial charge in [0.15, 0.2) is 0 Å². The van der Waals surface area contributed by atoms with Crippen LogP contribution in [0.5, 0.6) is 0 Å². The molecule has 1 aromatic heterocycles. The van der Waals surface area contributed by atoms with E-state index >= 15 is 0 Å². The van der Waals surface area contributed by atoms with E-state index in [1.165, 1.54) is 0 Å². The van der Waals surface area contributed by atoms with E-state index in [1.54, 1.807) is 0 Å². The second kappa shape index (κ2) is 6.21. The lowest BCUT2D eigenvalue weighted by Crippen LogP contribution is -2.30. The number of nitrogens with zero attached hydrogens (tertiary/aromatic N) is 1. The van der Waals surface area contributed by atoms with E-state index in [9.17, 15) is 0 Å². The Labute approximate surface area is 106 Å². The number of nitrogens with one attached hydrogen (secondary N) is 1. The number of hydrogen-bond acceptors (Lipinski definition) is 3. The highest BCUT2D eigenvalue weighted by Crippen LogP contribution is 2.17. The summed E-state index contributed by atoms with van der Waals surface area (Å²) in [7, 11) is 0. The van der Waals surface area contributed by atoms with E-state index in [4.69, 9.17) is 5.73 Å². The van der Waals surface area contributed by atoms with Crippen molar-refractivity contribution >= 4 is 21.7 Å². The van der Waals surface area contributed by atoms with Crippen molar-refractivity contribution in [2.24, 2.45) is 11.7 Å². The van der Waals surface area contributed by atoms with Crippen molar-refractivity contribution < 1.29 is 0 Å². The molecule has 1 aromatic rings. The SMILES string of the molecule is Cc1nc(NC(CN)CC(C)C)ccc1Br. The molecule has 3 N–H and O–H groups in total. The van der Waals surface area contributed by atoms with Crippen molar-refractivity contribution in [1.82, 2.24) is 4.98 Å². The number of nitrogens with two attached hydrogens (primary N) is 1. The number of halogens is 1. The van der Waals surface area contributed by atoms with E-state index in [-0.39, 0.29) is 0 Å². The molecule has 3 nitrogen and oxygen atoms in total. The third kappa shape index (κ3) is 4.10. The largest absolute Gasteiger partial charge is 0.366 e. The number of rotatable bonds is 5. The first kappa shape index (κ1) is 13.5. The number of aromatic nitrogens is 1. The molecule has 90 valence electrons. The molecule has 0 bridgehead atoms. The molecular formula is C12H20BrN3. The van der Waals surface area contributed by atoms with E-state index in [2.05, 4.69) is 40.1 Å². The van der Waals surface area contributed by atoms with Crippen LogP contribution in [0.15, 0.2) is 16.6 Å². The first-order valence-corrected chi connectivity index (χ1v) is 6.42. The highest BCUT2D eigenvalue weighted by atomic mass is 79.9. The van der Waals surface area contributed by atoms with Crippen LogP contribution >= 0.6 is 15.9 Å². The second-order valence-electron chi connectivity index (χ2n) is 4.47. The molecule has 0 aliphatic heterocycles. The molecule has 1 heterocycles. The lowest BCUT2D eigenvalue weighted by atomic mass is 10.0. The molecule has 0 aromatic carbocycles. The average molecular weight is 286 g/mol. The molecule has 1 unspecified atom stereocenters. The molecule has 4 heteroatoms. The average Bonchev–Trinajstić information content (AvgIpc) is 2.22. The third-order valence-corrected chi connectivity index (χ3v) is 3.25. The smallest absolute Gasteiger partial charge is 0.126 e. The van der Waals surface area contributed by atoms with Gasteiger partial charge in [0.25, 0.3) is 0 Å². The number of aryl methyl sites for hydroxylation is 1. The maximum Gasteiger partial charge on any atom is 0.126 e. The van der Waals surface area contributed by atoms with Gasteiger partial charge in [-0.15, -0.1) is 0 Å². The summed E-state index contributed by atoms with van der Waals surface area (Å²) in [6.45, 7) is 7.01. The molecule has 16 heavy (non-hydrogen) atoms. The summed E-state index contributed by atoms with van der Waals surface area (Å²) in [5.74, 6) is 1.54. The maximum absolute atomic E-state index is 5.74. The van der Waals surface area contributed by atoms with E-state index < -0.39 is 0 Å². The van der Waals surface area contributed by atoms with Crippen LogP contribution in [-0.4, -0.2) is 17.6 Å². The van der Waals surface area contributed by atoms with E-state index in [0.29, 0.717) is 18.5 Å². The standard InChI is InChI=1S/C12H20BrN3/c1-8(2)6-10(7-14)16-12-5-4-11(13)9(3)15-12/h4-5,8,10H,6-7,14H2,1-3H3,(H,15,16). The predicted octanol–water partition coefficient (Wildman–Crippen LogP) is 2.94. The molecule has 0 aliphatic carbocycles. The fraction of sp³-hybridized carbons (Fsp3) is 0.583. The highest BCUT2D eigenvalue weighted by molar-refractivity contribution is 9.10. The quantitative estimate of drug-likeness (QED) is 0.875. The minimum atomic E-state index is 0.299. The lowest BCUT2D eigenvalue weighted by Gasteiger charge is -2.19. The van der Waals surface area contributed by atoms with Crippen LogP contribution in [-0.2, 0) is 0 Å². The first-order chi connectivity index (χ1) is 7.52. The summed E-state index contributed by atoms with van der Waals surface area (Å²) >= 11 is 3.44. The van der Waals surface area contributed by atoms with Gasteiger partial charge in [-0.3, -0.25) is 0 Å². The van der Waals surface area contributed by atoms with Crippen LogP contribution in [0.4, 0.5) is 5.82 Å². The molecule has 0 aliphatic rings. The van der Waals surface area contributed by atoms with Crippen LogP contribution in [0.3, 0.4) is 0 Å². The predicted molar refractivity (Wildman–Crippen MR) is 72.6 cm³/mol. The summed E-state index contributed by atoms with van der Waals surface area (Å²) in [5, 5.41) is 3.37. The Bertz CT molecular complexity index is 339. The summed E-state index contributed by atoms with van der Waals surface area (Å²) in [4.78, 5) is 4.45. The van der Waals surface area contributed by atoms with Crippen molar-refractivity contribution in [3.05, 3.63) is 22.3 Å². The highest BCUT2D eigenvalue weighted by Gasteiger charge is 2.09. The van der Waals surface area contributed by atoms with Gasteiger partial charge in [-0.2, -0.15) is 0 Å². The van der Waals surface area contributed by atoms with Gasteiger partial charge in [0.05, 0.1) is 5.69 Å². The zero-order valence-electron chi connectivity index (χ0n) is 10.1. The number of anilines is 1. The van der Waals surface area contributed by atoms with Gasteiger partial charge in [-0.05, 0) is 47.3 Å². The van der Waals surface area contributed by atoms with Crippen LogP contribution in [0.2, 0.25) is 0 Å². The fourth-order valence-electron chi connectivity index (χ4n) is 1.62. The van der Waals surface area contributed by atoms with Crippen molar-refractivity contribution in [3.63, 3.8) is 0 Å². The van der Waals surface area contributed by atoms with Crippen LogP contribution in [0, 0.1) is 12.8 Å². The summed E-state index contributed by atoms with van der Waals surface area (Å²) in [5.41, 5.74) is 6.73. The zero-order chi connectivity index (χ0) is 12.1. The molecule has 0 radical (unpaired) electrons. The van der Waals surface area contributed by atoms with E-state index in [0.717, 1.165) is 22.4 Å². The minimum Gasteiger partial charge on any atom is -0.366 e. The summed E-state index contributed by atoms with van der Waals surface area (Å²) in [6.07, 6.45) is 1.06. The van der Waals surface area contributed by atoms with E-state index in [1.807, 2.05) is 19.1 Å². The summed E-state index contributed by atoms with van der Waals surface area (Å²) < 4.78 is 1.03. The van der Waals surface area contributed by atoms with Crippen molar-refractivity contribution in [3.8, 4) is 0 Å². The Morgan fingerprint density at radius 2 is 2.12 bits per heavy atom. The third-order valence-electron chi connectivity index (χ3n) is 2.41. The van der Waals surface area contributed by atoms with Gasteiger partial charge in [0, 0.05) is 17.1 Å². The Morgan fingerprint density at radius 1 is 1.44 bits per heavy atom. The van der Waals surface area contributed by atoms with Gasteiger partial charge in [-0.25, -0.2) is 4.98 Å². The topological polar surface area (TPSA) is 50.9 Å². The fourth-order valence-corrected chi connectivity index (χ4v) is 1.84. The van der Waals surface area contributed by atoms with Crippen molar-refractivity contribution in [1.29, 1.82) is 0 Å². The van der Waals surface area contributed by atoms with Gasteiger partial charge < -0.3 is 11.1 Å². The second-order valence-corrected chi connectivity index (χ2v) is 5.32. The molecule has 0 spiro atoms. The van der Waals surface area contributed by atoms with Crippen LogP contribution < -0.4 is 11.1 Å². The van der Waals surface area contributed by atoms with Crippen molar-refractivity contribution in [2.75, 3.05) is 11.9 Å². The Kier molecular flexibility index (Phi) is 5.22. The molecule has 0 saturated heterocycles. The molecular weight excluding hydrogens is 266 g/mol. The number of pyridine rings is 1. The van der Waals surface area contributed by atoms with Gasteiger partial charge in [0.2, 0.25) is 0 Å².